The molecule has 4 heteroatoms. The highest BCUT2D eigenvalue weighted by Crippen LogP contribution is 2.44. The van der Waals surface area contributed by atoms with Crippen molar-refractivity contribution in [3.63, 3.8) is 0 Å². The Balaban J connectivity index is 1.95. The molecule has 2 atom stereocenters. The van der Waals surface area contributed by atoms with E-state index in [-0.39, 0.29) is 6.04 Å². The third-order valence-corrected chi connectivity index (χ3v) is 4.54. The summed E-state index contributed by atoms with van der Waals surface area (Å²) < 4.78 is 2.01. The van der Waals surface area contributed by atoms with Crippen molar-refractivity contribution in [3.05, 3.63) is 48.0 Å². The van der Waals surface area contributed by atoms with Crippen LogP contribution in [0.4, 0.5) is 0 Å². The molecule has 0 saturated heterocycles. The van der Waals surface area contributed by atoms with Crippen LogP contribution in [-0.2, 0) is 7.05 Å². The van der Waals surface area contributed by atoms with Crippen LogP contribution in [0.15, 0.2) is 41.6 Å². The van der Waals surface area contributed by atoms with Gasteiger partial charge in [-0.2, -0.15) is 0 Å². The van der Waals surface area contributed by atoms with E-state index in [0.717, 1.165) is 11.6 Å². The second kappa shape index (κ2) is 4.20. The summed E-state index contributed by atoms with van der Waals surface area (Å²) in [6.07, 6.45) is 3.76. The van der Waals surface area contributed by atoms with Crippen molar-refractivity contribution in [2.75, 3.05) is 5.75 Å². The Morgan fingerprint density at radius 3 is 3.06 bits per heavy atom. The summed E-state index contributed by atoms with van der Waals surface area (Å²) in [4.78, 5) is 5.73. The van der Waals surface area contributed by atoms with Gasteiger partial charge in [0.05, 0.1) is 6.04 Å². The van der Waals surface area contributed by atoms with Gasteiger partial charge in [0.25, 0.3) is 0 Å². The van der Waals surface area contributed by atoms with Crippen molar-refractivity contribution < 1.29 is 0 Å². The first-order valence-corrected chi connectivity index (χ1v) is 6.70. The van der Waals surface area contributed by atoms with Gasteiger partial charge in [0.15, 0.2) is 0 Å². The van der Waals surface area contributed by atoms with E-state index in [0.29, 0.717) is 5.92 Å². The van der Waals surface area contributed by atoms with Crippen LogP contribution in [0.25, 0.3) is 0 Å². The molecule has 0 spiro atoms. The number of imidazole rings is 1. The lowest BCUT2D eigenvalue weighted by atomic mass is 9.93. The highest BCUT2D eigenvalue weighted by Gasteiger charge is 2.30. The molecule has 1 aromatic carbocycles. The third kappa shape index (κ3) is 1.77. The molecule has 0 amide bonds. The number of fused-ring (bicyclic) bond motifs is 1. The number of aromatic nitrogens is 2. The van der Waals surface area contributed by atoms with Crippen molar-refractivity contribution in [1.29, 1.82) is 0 Å². The Morgan fingerprint density at radius 2 is 2.29 bits per heavy atom. The molecule has 1 aliphatic rings. The summed E-state index contributed by atoms with van der Waals surface area (Å²) >= 11 is 1.89. The first-order valence-electron chi connectivity index (χ1n) is 5.72. The summed E-state index contributed by atoms with van der Waals surface area (Å²) in [5, 5.41) is 0. The lowest BCUT2D eigenvalue weighted by Gasteiger charge is -2.19. The van der Waals surface area contributed by atoms with E-state index in [4.69, 9.17) is 5.73 Å². The lowest BCUT2D eigenvalue weighted by molar-refractivity contribution is 0.553. The minimum atomic E-state index is -0.0221. The van der Waals surface area contributed by atoms with Gasteiger partial charge in [0.1, 0.15) is 5.82 Å². The maximum atomic E-state index is 6.36. The number of nitrogens with two attached hydrogens (primary N) is 1. The van der Waals surface area contributed by atoms with Crippen LogP contribution in [0.1, 0.15) is 23.3 Å². The maximum Gasteiger partial charge on any atom is 0.126 e. The average Bonchev–Trinajstić information content (AvgIpc) is 2.94. The molecule has 3 rings (SSSR count). The van der Waals surface area contributed by atoms with Crippen LogP contribution >= 0.6 is 11.8 Å². The predicted molar refractivity (Wildman–Crippen MR) is 70.0 cm³/mol. The molecule has 88 valence electrons. The molecule has 2 aromatic rings. The van der Waals surface area contributed by atoms with Crippen LogP contribution in [0, 0.1) is 0 Å². The van der Waals surface area contributed by atoms with Crippen molar-refractivity contribution in [1.82, 2.24) is 9.55 Å². The Bertz CT molecular complexity index is 535. The molecule has 0 radical (unpaired) electrons. The molecule has 17 heavy (non-hydrogen) atoms. The number of thioether (sulfide) groups is 1. The molecule has 3 nitrogen and oxygen atoms in total. The third-order valence-electron chi connectivity index (χ3n) is 3.33. The zero-order valence-corrected chi connectivity index (χ0v) is 10.5. The molecular weight excluding hydrogens is 230 g/mol. The Labute approximate surface area is 105 Å². The van der Waals surface area contributed by atoms with Crippen LogP contribution in [0.5, 0.6) is 0 Å². The number of aryl methyl sites for hydroxylation is 1. The van der Waals surface area contributed by atoms with E-state index in [1.54, 1.807) is 0 Å². The van der Waals surface area contributed by atoms with Gasteiger partial charge < -0.3 is 10.3 Å². The first kappa shape index (κ1) is 10.9. The Kier molecular flexibility index (Phi) is 2.68. The van der Waals surface area contributed by atoms with Gasteiger partial charge in [-0.15, -0.1) is 11.8 Å². The number of hydrogen-bond donors (Lipinski definition) is 1. The van der Waals surface area contributed by atoms with Crippen LogP contribution < -0.4 is 5.73 Å². The normalized spacial score (nSPS) is 20.2. The van der Waals surface area contributed by atoms with Crippen LogP contribution in [0.3, 0.4) is 0 Å². The van der Waals surface area contributed by atoms with Crippen molar-refractivity contribution in [2.24, 2.45) is 12.8 Å². The average molecular weight is 245 g/mol. The molecule has 2 heterocycles. The SMILES string of the molecule is Cn1ccnc1C(N)C1CSc2ccccc21. The summed E-state index contributed by atoms with van der Waals surface area (Å²) in [6.45, 7) is 0. The largest absolute Gasteiger partial charge is 0.337 e. The van der Waals surface area contributed by atoms with Gasteiger partial charge in [0.2, 0.25) is 0 Å². The summed E-state index contributed by atoms with van der Waals surface area (Å²) in [7, 11) is 2.00. The van der Waals surface area contributed by atoms with Gasteiger partial charge in [-0.05, 0) is 11.6 Å². The number of hydrogen-bond acceptors (Lipinski definition) is 3. The number of benzene rings is 1. The minimum Gasteiger partial charge on any atom is -0.337 e. The topological polar surface area (TPSA) is 43.8 Å². The van der Waals surface area contributed by atoms with E-state index in [9.17, 15) is 0 Å². The van der Waals surface area contributed by atoms with Crippen molar-refractivity contribution in [2.45, 2.75) is 16.9 Å². The van der Waals surface area contributed by atoms with Crippen LogP contribution in [0.2, 0.25) is 0 Å². The fourth-order valence-electron chi connectivity index (χ4n) is 2.36. The van der Waals surface area contributed by atoms with Crippen molar-refractivity contribution >= 4 is 11.8 Å². The van der Waals surface area contributed by atoms with E-state index >= 15 is 0 Å². The minimum absolute atomic E-state index is 0.0221. The maximum absolute atomic E-state index is 6.36. The zero-order chi connectivity index (χ0) is 11.8. The van der Waals surface area contributed by atoms with Gasteiger partial charge in [-0.1, -0.05) is 18.2 Å². The Hall–Kier alpha value is -1.26. The zero-order valence-electron chi connectivity index (χ0n) is 9.71. The fraction of sp³-hybridized carbons (Fsp3) is 0.308. The monoisotopic (exact) mass is 245 g/mol. The molecule has 0 fully saturated rings. The molecule has 0 aliphatic carbocycles. The highest BCUT2D eigenvalue weighted by atomic mass is 32.2. The van der Waals surface area contributed by atoms with E-state index in [1.807, 2.05) is 35.8 Å². The van der Waals surface area contributed by atoms with Gasteiger partial charge in [-0.3, -0.25) is 0 Å². The molecule has 0 saturated carbocycles. The first-order chi connectivity index (χ1) is 8.27. The predicted octanol–water partition coefficient (Wildman–Crippen LogP) is 2.31. The number of nitrogens with zero attached hydrogens (tertiary/aromatic N) is 2. The number of rotatable bonds is 2. The fourth-order valence-corrected chi connectivity index (χ4v) is 3.67. The van der Waals surface area contributed by atoms with E-state index in [2.05, 4.69) is 29.2 Å². The van der Waals surface area contributed by atoms with Crippen molar-refractivity contribution in [3.8, 4) is 0 Å². The van der Waals surface area contributed by atoms with Crippen LogP contribution in [-0.4, -0.2) is 15.3 Å². The van der Waals surface area contributed by atoms with Gasteiger partial charge in [-0.25, -0.2) is 4.98 Å². The smallest absolute Gasteiger partial charge is 0.126 e. The second-order valence-electron chi connectivity index (χ2n) is 4.38. The van der Waals surface area contributed by atoms with E-state index in [1.165, 1.54) is 10.5 Å². The lowest BCUT2D eigenvalue weighted by Crippen LogP contribution is -2.23. The highest BCUT2D eigenvalue weighted by molar-refractivity contribution is 7.99. The summed E-state index contributed by atoms with van der Waals surface area (Å²) in [5.74, 6) is 2.39. The quantitative estimate of drug-likeness (QED) is 0.883. The molecule has 1 aliphatic heterocycles. The molecule has 0 bridgehead atoms. The molecule has 1 aromatic heterocycles. The van der Waals surface area contributed by atoms with Gasteiger partial charge in [0, 0.05) is 36.0 Å². The summed E-state index contributed by atoms with van der Waals surface area (Å²) in [6, 6.07) is 8.50. The molecular formula is C13H15N3S. The van der Waals surface area contributed by atoms with E-state index < -0.39 is 0 Å². The summed E-state index contributed by atoms with van der Waals surface area (Å²) in [5.41, 5.74) is 7.73. The Morgan fingerprint density at radius 1 is 1.47 bits per heavy atom. The second-order valence-corrected chi connectivity index (χ2v) is 5.44. The molecule has 2 N–H and O–H groups in total. The molecule has 2 unspecified atom stereocenters. The van der Waals surface area contributed by atoms with Gasteiger partial charge >= 0.3 is 0 Å². The standard InChI is InChI=1S/C13H15N3S/c1-16-7-6-15-13(16)12(14)10-8-17-11-5-3-2-4-9(10)11/h2-7,10,12H,8,14H2,1H3.